The first kappa shape index (κ1) is 16.0. The number of ether oxygens (including phenoxy) is 2. The van der Waals surface area contributed by atoms with E-state index in [1.54, 1.807) is 0 Å². The van der Waals surface area contributed by atoms with Crippen LogP contribution in [0.5, 0.6) is 5.75 Å². The lowest BCUT2D eigenvalue weighted by Gasteiger charge is -2.14. The van der Waals surface area contributed by atoms with Gasteiger partial charge in [-0.3, -0.25) is 4.99 Å². The fourth-order valence-corrected chi connectivity index (χ4v) is 2.62. The molecule has 0 aliphatic carbocycles. The van der Waals surface area contributed by atoms with Crippen LogP contribution in [0.3, 0.4) is 0 Å². The molecule has 118 valence electrons. The van der Waals surface area contributed by atoms with Crippen molar-refractivity contribution in [3.8, 4) is 5.75 Å². The summed E-state index contributed by atoms with van der Waals surface area (Å²) in [4.78, 5) is 4.47. The van der Waals surface area contributed by atoms with E-state index < -0.39 is 0 Å². The molecule has 0 bridgehead atoms. The van der Waals surface area contributed by atoms with Gasteiger partial charge in [0, 0.05) is 10.7 Å². The van der Waals surface area contributed by atoms with Gasteiger partial charge >= 0.3 is 0 Å². The molecule has 0 fully saturated rings. The number of nitrogens with zero attached hydrogens (tertiary/aromatic N) is 1. The van der Waals surface area contributed by atoms with Gasteiger partial charge in [-0.05, 0) is 60.0 Å². The van der Waals surface area contributed by atoms with Crippen LogP contribution in [0, 0.1) is 0 Å². The lowest BCUT2D eigenvalue weighted by molar-refractivity contribution is 0.150. The fourth-order valence-electron chi connectivity index (χ4n) is 2.23. The zero-order valence-electron chi connectivity index (χ0n) is 12.7. The summed E-state index contributed by atoms with van der Waals surface area (Å²) in [6.07, 6.45) is 4.91. The third kappa shape index (κ3) is 5.05. The summed E-state index contributed by atoms with van der Waals surface area (Å²) < 4.78 is 12.1. The van der Waals surface area contributed by atoms with Gasteiger partial charge in [-0.25, -0.2) is 0 Å². The molecule has 0 amide bonds. The zero-order chi connectivity index (χ0) is 15.9. The molecule has 1 aliphatic heterocycles. The second kappa shape index (κ2) is 8.09. The molecule has 0 unspecified atom stereocenters. The second-order valence-electron chi connectivity index (χ2n) is 5.28. The highest BCUT2D eigenvalue weighted by molar-refractivity contribution is 9.10. The first-order chi connectivity index (χ1) is 11.3. The van der Waals surface area contributed by atoms with Gasteiger partial charge < -0.3 is 9.47 Å². The maximum absolute atomic E-state index is 5.80. The van der Waals surface area contributed by atoms with Crippen molar-refractivity contribution < 1.29 is 9.47 Å². The molecule has 3 rings (SSSR count). The second-order valence-corrected chi connectivity index (χ2v) is 6.20. The summed E-state index contributed by atoms with van der Waals surface area (Å²) in [6, 6.07) is 15.9. The molecule has 0 atom stereocenters. The van der Waals surface area contributed by atoms with E-state index in [0.717, 1.165) is 34.5 Å². The van der Waals surface area contributed by atoms with Crippen molar-refractivity contribution in [2.45, 2.75) is 6.42 Å². The number of aliphatic imine (C=N–C) groups is 1. The van der Waals surface area contributed by atoms with E-state index in [9.17, 15) is 0 Å². The van der Waals surface area contributed by atoms with E-state index in [4.69, 9.17) is 9.47 Å². The van der Waals surface area contributed by atoms with Crippen LogP contribution in [0.1, 0.15) is 12.0 Å². The Kier molecular flexibility index (Phi) is 5.61. The summed E-state index contributed by atoms with van der Waals surface area (Å²) in [5.41, 5.74) is 3.27. The van der Waals surface area contributed by atoms with Crippen LogP contribution in [-0.2, 0) is 4.74 Å². The van der Waals surface area contributed by atoms with Gasteiger partial charge in [-0.15, -0.1) is 0 Å². The molecule has 2 aromatic rings. The van der Waals surface area contributed by atoms with Gasteiger partial charge in [-0.1, -0.05) is 28.1 Å². The average molecular weight is 372 g/mol. The van der Waals surface area contributed by atoms with Crippen molar-refractivity contribution >= 4 is 27.8 Å². The molecule has 0 aromatic heterocycles. The maximum Gasteiger partial charge on any atom is 0.119 e. The molecule has 23 heavy (non-hydrogen) atoms. The molecule has 4 heteroatoms. The third-order valence-electron chi connectivity index (χ3n) is 3.53. The van der Waals surface area contributed by atoms with E-state index in [-0.39, 0.29) is 0 Å². The quantitative estimate of drug-likeness (QED) is 0.551. The van der Waals surface area contributed by atoms with E-state index in [2.05, 4.69) is 27.0 Å². The Morgan fingerprint density at radius 1 is 1.17 bits per heavy atom. The standard InChI is InChI=1S/C19H18BrNO2/c20-17-2-1-3-18(12-17)21-13-15-4-6-19(7-5-15)23-14-16-8-10-22-11-9-16/h1-8,12-13H,9-11,14H2. The van der Waals surface area contributed by atoms with E-state index in [1.165, 1.54) is 5.57 Å². The highest BCUT2D eigenvalue weighted by atomic mass is 79.9. The molecule has 3 nitrogen and oxygen atoms in total. The maximum atomic E-state index is 5.80. The SMILES string of the molecule is Brc1cccc(N=Cc2ccc(OCC3=CCOCC3)cc2)c1. The first-order valence-corrected chi connectivity index (χ1v) is 8.37. The summed E-state index contributed by atoms with van der Waals surface area (Å²) >= 11 is 3.45. The van der Waals surface area contributed by atoms with Crippen molar-refractivity contribution in [2.75, 3.05) is 19.8 Å². The predicted octanol–water partition coefficient (Wildman–Crippen LogP) is 4.93. The molecule has 1 aliphatic rings. The molecular weight excluding hydrogens is 354 g/mol. The summed E-state index contributed by atoms with van der Waals surface area (Å²) in [7, 11) is 0. The minimum atomic E-state index is 0.634. The highest BCUT2D eigenvalue weighted by Crippen LogP contribution is 2.19. The smallest absolute Gasteiger partial charge is 0.119 e. The first-order valence-electron chi connectivity index (χ1n) is 7.58. The van der Waals surface area contributed by atoms with Crippen molar-refractivity contribution in [2.24, 2.45) is 4.99 Å². The molecule has 1 heterocycles. The van der Waals surface area contributed by atoms with Gasteiger partial charge in [0.25, 0.3) is 0 Å². The highest BCUT2D eigenvalue weighted by Gasteiger charge is 2.04. The molecule has 0 saturated heterocycles. The molecular formula is C19H18BrNO2. The fraction of sp³-hybridized carbons (Fsp3) is 0.211. The zero-order valence-corrected chi connectivity index (χ0v) is 14.3. The average Bonchev–Trinajstić information content (AvgIpc) is 2.60. The Labute approximate surface area is 144 Å². The van der Waals surface area contributed by atoms with Crippen molar-refractivity contribution in [1.29, 1.82) is 0 Å². The predicted molar refractivity (Wildman–Crippen MR) is 96.9 cm³/mol. The Bertz CT molecular complexity index is 708. The van der Waals surface area contributed by atoms with Gasteiger partial charge in [0.05, 0.1) is 18.9 Å². The van der Waals surface area contributed by atoms with Crippen molar-refractivity contribution in [3.05, 3.63) is 70.2 Å². The monoisotopic (exact) mass is 371 g/mol. The lowest BCUT2D eigenvalue weighted by atomic mass is 10.2. The topological polar surface area (TPSA) is 30.8 Å². The normalized spacial score (nSPS) is 14.7. The van der Waals surface area contributed by atoms with Crippen molar-refractivity contribution in [3.63, 3.8) is 0 Å². The molecule has 0 radical (unpaired) electrons. The van der Waals surface area contributed by atoms with Gasteiger partial charge in [0.15, 0.2) is 0 Å². The molecule has 2 aromatic carbocycles. The third-order valence-corrected chi connectivity index (χ3v) is 4.03. The van der Waals surface area contributed by atoms with E-state index in [1.807, 2.05) is 54.7 Å². The van der Waals surface area contributed by atoms with Crippen LogP contribution in [0.25, 0.3) is 0 Å². The summed E-state index contributed by atoms with van der Waals surface area (Å²) in [5.74, 6) is 0.872. The van der Waals surface area contributed by atoms with Crippen LogP contribution < -0.4 is 4.74 Å². The molecule has 0 spiro atoms. The van der Waals surface area contributed by atoms with E-state index >= 15 is 0 Å². The van der Waals surface area contributed by atoms with Gasteiger partial charge in [-0.2, -0.15) is 0 Å². The van der Waals surface area contributed by atoms with Crippen LogP contribution in [-0.4, -0.2) is 26.0 Å². The van der Waals surface area contributed by atoms with Crippen LogP contribution in [0.2, 0.25) is 0 Å². The number of rotatable bonds is 5. The Hall–Kier alpha value is -1.91. The van der Waals surface area contributed by atoms with Crippen LogP contribution in [0.15, 0.2) is 69.6 Å². The van der Waals surface area contributed by atoms with Crippen LogP contribution in [0.4, 0.5) is 5.69 Å². The minimum Gasteiger partial charge on any atom is -0.489 e. The Morgan fingerprint density at radius 2 is 2.04 bits per heavy atom. The van der Waals surface area contributed by atoms with Crippen LogP contribution >= 0.6 is 15.9 Å². The summed E-state index contributed by atoms with van der Waals surface area (Å²) in [5, 5.41) is 0. The number of benzene rings is 2. The Balaban J connectivity index is 1.57. The Morgan fingerprint density at radius 3 is 2.78 bits per heavy atom. The van der Waals surface area contributed by atoms with Gasteiger partial charge in [0.1, 0.15) is 12.4 Å². The van der Waals surface area contributed by atoms with Gasteiger partial charge in [0.2, 0.25) is 0 Å². The number of hydrogen-bond acceptors (Lipinski definition) is 3. The largest absolute Gasteiger partial charge is 0.489 e. The summed E-state index contributed by atoms with van der Waals surface area (Å²) in [6.45, 7) is 2.12. The number of hydrogen-bond donors (Lipinski definition) is 0. The molecule has 0 N–H and O–H groups in total. The lowest BCUT2D eigenvalue weighted by Crippen LogP contribution is -2.10. The van der Waals surface area contributed by atoms with Crippen molar-refractivity contribution in [1.82, 2.24) is 0 Å². The minimum absolute atomic E-state index is 0.634. The van der Waals surface area contributed by atoms with E-state index in [0.29, 0.717) is 13.2 Å². The number of halogens is 1. The molecule has 0 saturated carbocycles.